The van der Waals surface area contributed by atoms with E-state index < -0.39 is 6.04 Å². The third kappa shape index (κ3) is 2.69. The number of amides is 1. The summed E-state index contributed by atoms with van der Waals surface area (Å²) in [4.78, 5) is 12.8. The van der Waals surface area contributed by atoms with Gasteiger partial charge in [0.1, 0.15) is 6.04 Å². The monoisotopic (exact) mass is 252 g/mol. The van der Waals surface area contributed by atoms with Crippen molar-refractivity contribution in [2.45, 2.75) is 38.6 Å². The largest absolute Gasteiger partial charge is 0.354 e. The van der Waals surface area contributed by atoms with E-state index in [1.165, 1.54) is 30.6 Å². The predicted octanol–water partition coefficient (Wildman–Crippen LogP) is 2.44. The molecule has 1 saturated carbocycles. The Morgan fingerprint density at radius 3 is 2.88 bits per heavy atom. The molecule has 0 saturated heterocycles. The van der Waals surface area contributed by atoms with Crippen LogP contribution in [0.4, 0.5) is 0 Å². The van der Waals surface area contributed by atoms with Crippen LogP contribution in [0.1, 0.15) is 43.5 Å². The number of nitrogens with one attached hydrogen (secondary N) is 1. The number of carbonyl (C=O) groups is 1. The SMILES string of the molecule is CCC1(CNC(=O)C(N)c2cccs2)CCC1. The van der Waals surface area contributed by atoms with E-state index >= 15 is 0 Å². The molecule has 1 aromatic rings. The van der Waals surface area contributed by atoms with E-state index in [-0.39, 0.29) is 5.91 Å². The molecule has 17 heavy (non-hydrogen) atoms. The number of hydrogen-bond donors (Lipinski definition) is 2. The van der Waals surface area contributed by atoms with Crippen molar-refractivity contribution in [3.05, 3.63) is 22.4 Å². The molecule has 4 heteroatoms. The third-order valence-corrected chi connectivity index (χ3v) is 4.89. The zero-order valence-electron chi connectivity index (χ0n) is 10.2. The van der Waals surface area contributed by atoms with E-state index in [4.69, 9.17) is 5.73 Å². The van der Waals surface area contributed by atoms with Gasteiger partial charge in [-0.1, -0.05) is 19.4 Å². The second-order valence-electron chi connectivity index (χ2n) is 4.92. The van der Waals surface area contributed by atoms with Gasteiger partial charge in [-0.3, -0.25) is 4.79 Å². The quantitative estimate of drug-likeness (QED) is 0.845. The molecule has 1 heterocycles. The maximum Gasteiger partial charge on any atom is 0.242 e. The van der Waals surface area contributed by atoms with Crippen molar-refractivity contribution in [2.24, 2.45) is 11.1 Å². The van der Waals surface area contributed by atoms with E-state index in [9.17, 15) is 4.79 Å². The Morgan fingerprint density at radius 2 is 2.41 bits per heavy atom. The Labute approximate surface area is 106 Å². The molecule has 1 aromatic heterocycles. The molecule has 1 aliphatic rings. The maximum atomic E-state index is 11.9. The summed E-state index contributed by atoms with van der Waals surface area (Å²) in [6.45, 7) is 2.98. The molecule has 1 fully saturated rings. The molecule has 1 aliphatic carbocycles. The summed E-state index contributed by atoms with van der Waals surface area (Å²) in [5.74, 6) is -0.0489. The van der Waals surface area contributed by atoms with Crippen LogP contribution in [-0.4, -0.2) is 12.5 Å². The molecular formula is C13H20N2OS. The average molecular weight is 252 g/mol. The van der Waals surface area contributed by atoms with Gasteiger partial charge in [-0.2, -0.15) is 0 Å². The number of rotatable bonds is 5. The van der Waals surface area contributed by atoms with E-state index in [1.807, 2.05) is 17.5 Å². The first-order chi connectivity index (χ1) is 8.17. The van der Waals surface area contributed by atoms with Gasteiger partial charge in [-0.15, -0.1) is 11.3 Å². The molecule has 3 nitrogen and oxygen atoms in total. The lowest BCUT2D eigenvalue weighted by Gasteiger charge is -2.41. The molecule has 0 aliphatic heterocycles. The molecule has 1 amide bonds. The van der Waals surface area contributed by atoms with Crippen molar-refractivity contribution in [1.82, 2.24) is 5.32 Å². The molecule has 0 aromatic carbocycles. The fourth-order valence-electron chi connectivity index (χ4n) is 2.31. The lowest BCUT2D eigenvalue weighted by molar-refractivity contribution is -0.123. The van der Waals surface area contributed by atoms with Crippen LogP contribution in [-0.2, 0) is 4.79 Å². The summed E-state index contributed by atoms with van der Waals surface area (Å²) in [5, 5.41) is 4.95. The Balaban J connectivity index is 1.85. The number of nitrogens with two attached hydrogens (primary N) is 1. The van der Waals surface area contributed by atoms with Gasteiger partial charge in [0, 0.05) is 11.4 Å². The lowest BCUT2D eigenvalue weighted by atomic mass is 9.67. The minimum absolute atomic E-state index is 0.0489. The highest BCUT2D eigenvalue weighted by molar-refractivity contribution is 7.10. The molecule has 1 unspecified atom stereocenters. The Kier molecular flexibility index (Phi) is 3.84. The summed E-state index contributed by atoms with van der Waals surface area (Å²) < 4.78 is 0. The van der Waals surface area contributed by atoms with Crippen molar-refractivity contribution >= 4 is 17.2 Å². The zero-order chi connectivity index (χ0) is 12.3. The van der Waals surface area contributed by atoms with Crippen LogP contribution < -0.4 is 11.1 Å². The van der Waals surface area contributed by atoms with E-state index in [0.717, 1.165) is 17.8 Å². The molecule has 0 spiro atoms. The Bertz CT molecular complexity index is 365. The standard InChI is InChI=1S/C13H20N2OS/c1-2-13(6-4-7-13)9-15-12(16)11(14)10-5-3-8-17-10/h3,5,8,11H,2,4,6-7,9,14H2,1H3,(H,15,16). The number of carbonyl (C=O) groups excluding carboxylic acids is 1. The van der Waals surface area contributed by atoms with Gasteiger partial charge in [-0.25, -0.2) is 0 Å². The molecule has 3 N–H and O–H groups in total. The van der Waals surface area contributed by atoms with Gasteiger partial charge in [0.25, 0.3) is 0 Å². The van der Waals surface area contributed by atoms with Gasteiger partial charge in [0.2, 0.25) is 5.91 Å². The van der Waals surface area contributed by atoms with Crippen LogP contribution >= 0.6 is 11.3 Å². The second kappa shape index (κ2) is 5.19. The highest BCUT2D eigenvalue weighted by atomic mass is 32.1. The van der Waals surface area contributed by atoms with Crippen molar-refractivity contribution in [1.29, 1.82) is 0 Å². The summed E-state index contributed by atoms with van der Waals surface area (Å²) in [7, 11) is 0. The molecule has 2 rings (SSSR count). The van der Waals surface area contributed by atoms with Crippen LogP contribution in [0.5, 0.6) is 0 Å². The predicted molar refractivity (Wildman–Crippen MR) is 70.8 cm³/mol. The first-order valence-electron chi connectivity index (χ1n) is 6.23. The summed E-state index contributed by atoms with van der Waals surface area (Å²) in [6.07, 6.45) is 4.90. The second-order valence-corrected chi connectivity index (χ2v) is 5.90. The van der Waals surface area contributed by atoms with Gasteiger partial charge in [0.05, 0.1) is 0 Å². The summed E-state index contributed by atoms with van der Waals surface area (Å²) >= 11 is 1.53. The first kappa shape index (κ1) is 12.6. The summed E-state index contributed by atoms with van der Waals surface area (Å²) in [6, 6.07) is 3.32. The molecule has 94 valence electrons. The van der Waals surface area contributed by atoms with Gasteiger partial charge >= 0.3 is 0 Å². The maximum absolute atomic E-state index is 11.9. The normalized spacial score (nSPS) is 19.4. The van der Waals surface area contributed by atoms with Crippen LogP contribution in [0.3, 0.4) is 0 Å². The average Bonchev–Trinajstić information content (AvgIpc) is 2.80. The van der Waals surface area contributed by atoms with Crippen LogP contribution in [0.2, 0.25) is 0 Å². The highest BCUT2D eigenvalue weighted by Crippen LogP contribution is 2.43. The Morgan fingerprint density at radius 1 is 1.65 bits per heavy atom. The van der Waals surface area contributed by atoms with Crippen molar-refractivity contribution in [3.63, 3.8) is 0 Å². The minimum atomic E-state index is -0.510. The van der Waals surface area contributed by atoms with Gasteiger partial charge < -0.3 is 11.1 Å². The third-order valence-electron chi connectivity index (χ3n) is 3.93. The fourth-order valence-corrected chi connectivity index (χ4v) is 3.04. The van der Waals surface area contributed by atoms with Crippen LogP contribution in [0.15, 0.2) is 17.5 Å². The van der Waals surface area contributed by atoms with E-state index in [0.29, 0.717) is 5.41 Å². The van der Waals surface area contributed by atoms with E-state index in [2.05, 4.69) is 12.2 Å². The zero-order valence-corrected chi connectivity index (χ0v) is 11.1. The highest BCUT2D eigenvalue weighted by Gasteiger charge is 2.35. The smallest absolute Gasteiger partial charge is 0.242 e. The van der Waals surface area contributed by atoms with Gasteiger partial charge in [-0.05, 0) is 36.1 Å². The number of hydrogen-bond acceptors (Lipinski definition) is 3. The summed E-state index contributed by atoms with van der Waals surface area (Å²) in [5.41, 5.74) is 6.26. The Hall–Kier alpha value is -0.870. The van der Waals surface area contributed by atoms with Crippen LogP contribution in [0, 0.1) is 5.41 Å². The molecule has 0 bridgehead atoms. The topological polar surface area (TPSA) is 55.1 Å². The van der Waals surface area contributed by atoms with Crippen molar-refractivity contribution in [3.8, 4) is 0 Å². The first-order valence-corrected chi connectivity index (χ1v) is 7.11. The minimum Gasteiger partial charge on any atom is -0.354 e. The van der Waals surface area contributed by atoms with Crippen molar-refractivity contribution in [2.75, 3.05) is 6.54 Å². The van der Waals surface area contributed by atoms with Crippen LogP contribution in [0.25, 0.3) is 0 Å². The molecular weight excluding hydrogens is 232 g/mol. The van der Waals surface area contributed by atoms with Gasteiger partial charge in [0.15, 0.2) is 0 Å². The molecule has 0 radical (unpaired) electrons. The fraction of sp³-hybridized carbons (Fsp3) is 0.615. The van der Waals surface area contributed by atoms with E-state index in [1.54, 1.807) is 0 Å². The molecule has 1 atom stereocenters. The van der Waals surface area contributed by atoms with Crippen molar-refractivity contribution < 1.29 is 4.79 Å². The lowest BCUT2D eigenvalue weighted by Crippen LogP contribution is -2.44. The number of thiophene rings is 1.